The molecular weight excluding hydrogens is 325 g/mol. The van der Waals surface area contributed by atoms with Crippen LogP contribution < -0.4 is 16.0 Å². The molecule has 0 spiro atoms. The van der Waals surface area contributed by atoms with Crippen molar-refractivity contribution in [2.24, 2.45) is 5.92 Å². The Labute approximate surface area is 141 Å². The van der Waals surface area contributed by atoms with E-state index >= 15 is 0 Å². The lowest BCUT2D eigenvalue weighted by Gasteiger charge is -2.11. The maximum Gasteiger partial charge on any atom is 0.226 e. The molecule has 0 aliphatic carbocycles. The molecule has 0 saturated carbocycles. The van der Waals surface area contributed by atoms with Crippen LogP contribution in [0, 0.1) is 12.8 Å². The lowest BCUT2D eigenvalue weighted by atomic mass is 10.1. The first-order valence-electron chi connectivity index (χ1n) is 7.11. The Hall–Kier alpha value is -1.30. The number of benzene rings is 1. The number of nitrogens with one attached hydrogen (secondary N) is 3. The number of hydrogen-bond acceptors (Lipinski definition) is 3. The summed E-state index contributed by atoms with van der Waals surface area (Å²) in [5.74, 6) is -0.0832. The molecule has 1 aromatic carbocycles. The molecule has 0 aromatic heterocycles. The molecule has 1 atom stereocenters. The Morgan fingerprint density at radius 3 is 2.86 bits per heavy atom. The number of carbonyl (C=O) groups is 2. The van der Waals surface area contributed by atoms with Crippen molar-refractivity contribution in [2.45, 2.75) is 19.8 Å². The monoisotopic (exact) mass is 345 g/mol. The lowest BCUT2D eigenvalue weighted by Crippen LogP contribution is -2.34. The fraction of sp³-hybridized carbons (Fsp3) is 0.467. The van der Waals surface area contributed by atoms with Crippen LogP contribution in [-0.4, -0.2) is 31.4 Å². The van der Waals surface area contributed by atoms with E-state index in [1.165, 1.54) is 0 Å². The summed E-state index contributed by atoms with van der Waals surface area (Å²) in [7, 11) is 0. The molecule has 1 aliphatic rings. The summed E-state index contributed by atoms with van der Waals surface area (Å²) in [6.45, 7) is 3.81. The normalized spacial score (nSPS) is 16.7. The zero-order valence-corrected chi connectivity index (χ0v) is 14.0. The third-order valence-electron chi connectivity index (χ3n) is 3.62. The van der Waals surface area contributed by atoms with Crippen molar-refractivity contribution < 1.29 is 9.59 Å². The lowest BCUT2D eigenvalue weighted by molar-refractivity contribution is -0.124. The van der Waals surface area contributed by atoms with E-state index < -0.39 is 0 Å². The molecule has 1 aromatic rings. The number of hydrogen-bond donors (Lipinski definition) is 3. The number of carbonyl (C=O) groups excluding carboxylic acids is 2. The number of halogens is 2. The number of rotatable bonds is 5. The van der Waals surface area contributed by atoms with Gasteiger partial charge in [-0.05, 0) is 37.6 Å². The zero-order chi connectivity index (χ0) is 15.2. The van der Waals surface area contributed by atoms with E-state index in [0.29, 0.717) is 17.3 Å². The highest BCUT2D eigenvalue weighted by Crippen LogP contribution is 2.22. The van der Waals surface area contributed by atoms with Gasteiger partial charge < -0.3 is 16.0 Å². The molecule has 2 rings (SSSR count). The van der Waals surface area contributed by atoms with Crippen LogP contribution in [0.3, 0.4) is 0 Å². The molecule has 0 radical (unpaired) electrons. The highest BCUT2D eigenvalue weighted by molar-refractivity contribution is 6.31. The molecule has 5 nitrogen and oxygen atoms in total. The summed E-state index contributed by atoms with van der Waals surface area (Å²) in [5.41, 5.74) is 1.55. The first-order valence-corrected chi connectivity index (χ1v) is 7.49. The minimum atomic E-state index is -0.134. The van der Waals surface area contributed by atoms with Crippen LogP contribution in [0.4, 0.5) is 5.69 Å². The van der Waals surface area contributed by atoms with Crippen LogP contribution in [0.25, 0.3) is 0 Å². The average molecular weight is 346 g/mol. The SMILES string of the molecule is Cc1c(Cl)cccc1NC(=O)CCNC(=O)C1CCNC1.Cl. The van der Waals surface area contributed by atoms with Gasteiger partial charge in [0.1, 0.15) is 0 Å². The summed E-state index contributed by atoms with van der Waals surface area (Å²) in [4.78, 5) is 23.6. The van der Waals surface area contributed by atoms with Crippen LogP contribution in [0.2, 0.25) is 5.02 Å². The molecule has 1 heterocycles. The van der Waals surface area contributed by atoms with E-state index in [2.05, 4.69) is 16.0 Å². The maximum atomic E-state index is 11.9. The molecule has 22 heavy (non-hydrogen) atoms. The van der Waals surface area contributed by atoms with Gasteiger partial charge in [0.05, 0.1) is 5.92 Å². The Morgan fingerprint density at radius 1 is 1.41 bits per heavy atom. The molecule has 7 heteroatoms. The molecule has 1 fully saturated rings. The van der Waals surface area contributed by atoms with E-state index in [0.717, 1.165) is 25.1 Å². The van der Waals surface area contributed by atoms with E-state index in [9.17, 15) is 9.59 Å². The third-order valence-corrected chi connectivity index (χ3v) is 4.03. The van der Waals surface area contributed by atoms with Gasteiger partial charge >= 0.3 is 0 Å². The first kappa shape index (κ1) is 18.7. The van der Waals surface area contributed by atoms with Crippen molar-refractivity contribution in [3.63, 3.8) is 0 Å². The number of amides is 2. The van der Waals surface area contributed by atoms with Gasteiger partial charge in [-0.15, -0.1) is 12.4 Å². The van der Waals surface area contributed by atoms with Crippen LogP contribution >= 0.6 is 24.0 Å². The molecule has 1 saturated heterocycles. The Bertz CT molecular complexity index is 532. The van der Waals surface area contributed by atoms with E-state index in [1.54, 1.807) is 12.1 Å². The van der Waals surface area contributed by atoms with Crippen molar-refractivity contribution in [1.29, 1.82) is 0 Å². The third kappa shape index (κ3) is 5.16. The minimum Gasteiger partial charge on any atom is -0.355 e. The van der Waals surface area contributed by atoms with Crippen molar-refractivity contribution in [2.75, 3.05) is 25.0 Å². The van der Waals surface area contributed by atoms with Crippen LogP contribution in [-0.2, 0) is 9.59 Å². The summed E-state index contributed by atoms with van der Waals surface area (Å²) < 4.78 is 0. The number of anilines is 1. The van der Waals surface area contributed by atoms with Gasteiger partial charge in [0, 0.05) is 30.2 Å². The van der Waals surface area contributed by atoms with Crippen molar-refractivity contribution >= 4 is 41.5 Å². The smallest absolute Gasteiger partial charge is 0.226 e. The second-order valence-electron chi connectivity index (χ2n) is 5.19. The molecule has 1 unspecified atom stereocenters. The van der Waals surface area contributed by atoms with Gasteiger partial charge in [-0.1, -0.05) is 17.7 Å². The minimum absolute atomic E-state index is 0. The molecule has 1 aliphatic heterocycles. The Balaban J connectivity index is 0.00000242. The first-order chi connectivity index (χ1) is 10.1. The highest BCUT2D eigenvalue weighted by Gasteiger charge is 2.21. The zero-order valence-electron chi connectivity index (χ0n) is 12.4. The summed E-state index contributed by atoms with van der Waals surface area (Å²) in [5, 5.41) is 9.37. The van der Waals surface area contributed by atoms with Gasteiger partial charge in [-0.2, -0.15) is 0 Å². The fourth-order valence-corrected chi connectivity index (χ4v) is 2.45. The summed E-state index contributed by atoms with van der Waals surface area (Å²) >= 11 is 6.00. The second-order valence-corrected chi connectivity index (χ2v) is 5.60. The Morgan fingerprint density at radius 2 is 2.18 bits per heavy atom. The highest BCUT2D eigenvalue weighted by atomic mass is 35.5. The average Bonchev–Trinajstić information content (AvgIpc) is 2.98. The predicted octanol–water partition coefficient (Wildman–Crippen LogP) is 2.12. The topological polar surface area (TPSA) is 70.2 Å². The van der Waals surface area contributed by atoms with Gasteiger partial charge in [0.25, 0.3) is 0 Å². The van der Waals surface area contributed by atoms with E-state index in [4.69, 9.17) is 11.6 Å². The molecule has 3 N–H and O–H groups in total. The summed E-state index contributed by atoms with van der Waals surface area (Å²) in [6.07, 6.45) is 1.11. The van der Waals surface area contributed by atoms with Gasteiger partial charge in [-0.3, -0.25) is 9.59 Å². The quantitative estimate of drug-likeness (QED) is 0.765. The second kappa shape index (κ2) is 8.98. The van der Waals surface area contributed by atoms with E-state index in [-0.39, 0.29) is 36.6 Å². The largest absolute Gasteiger partial charge is 0.355 e. The molecular formula is C15H21Cl2N3O2. The molecule has 122 valence electrons. The van der Waals surface area contributed by atoms with Crippen molar-refractivity contribution in [1.82, 2.24) is 10.6 Å². The van der Waals surface area contributed by atoms with Gasteiger partial charge in [0.15, 0.2) is 0 Å². The predicted molar refractivity (Wildman–Crippen MR) is 90.7 cm³/mol. The van der Waals surface area contributed by atoms with Crippen LogP contribution in [0.15, 0.2) is 18.2 Å². The molecule has 0 bridgehead atoms. The summed E-state index contributed by atoms with van der Waals surface area (Å²) in [6, 6.07) is 5.38. The maximum absolute atomic E-state index is 11.9. The standard InChI is InChI=1S/C15H20ClN3O2.ClH/c1-10-12(16)3-2-4-13(10)19-14(20)6-8-18-15(21)11-5-7-17-9-11;/h2-4,11,17H,5-9H2,1H3,(H,18,21)(H,19,20);1H. The van der Waals surface area contributed by atoms with Crippen LogP contribution in [0.1, 0.15) is 18.4 Å². The van der Waals surface area contributed by atoms with E-state index in [1.807, 2.05) is 13.0 Å². The van der Waals surface area contributed by atoms with Gasteiger partial charge in [0.2, 0.25) is 11.8 Å². The Kier molecular flexibility index (Phi) is 7.65. The molecule has 2 amide bonds. The van der Waals surface area contributed by atoms with Crippen molar-refractivity contribution in [3.05, 3.63) is 28.8 Å². The van der Waals surface area contributed by atoms with Crippen molar-refractivity contribution in [3.8, 4) is 0 Å². The van der Waals surface area contributed by atoms with Crippen LogP contribution in [0.5, 0.6) is 0 Å². The van der Waals surface area contributed by atoms with Gasteiger partial charge in [-0.25, -0.2) is 0 Å². The fourth-order valence-electron chi connectivity index (χ4n) is 2.28.